The van der Waals surface area contributed by atoms with Crippen LogP contribution in [0.25, 0.3) is 0 Å². The van der Waals surface area contributed by atoms with E-state index in [1.54, 1.807) is 0 Å². The number of rotatable bonds is 2. The zero-order chi connectivity index (χ0) is 11.8. The third-order valence-corrected chi connectivity index (χ3v) is 3.57. The zero-order valence-corrected chi connectivity index (χ0v) is 10.3. The van der Waals surface area contributed by atoms with Gasteiger partial charge < -0.3 is 10.4 Å². The zero-order valence-electron chi connectivity index (χ0n) is 10.3. The summed E-state index contributed by atoms with van der Waals surface area (Å²) in [6, 6.07) is 11.0. The summed E-state index contributed by atoms with van der Waals surface area (Å²) >= 11 is 0. The molecule has 2 rings (SSSR count). The number of aliphatic hydroxyl groups is 1. The van der Waals surface area contributed by atoms with Crippen molar-refractivity contribution in [2.45, 2.75) is 44.9 Å². The highest BCUT2D eigenvalue weighted by Crippen LogP contribution is 2.35. The number of hydrogen-bond acceptors (Lipinski definition) is 2. The van der Waals surface area contributed by atoms with Crippen LogP contribution in [-0.4, -0.2) is 16.7 Å². The highest BCUT2D eigenvalue weighted by Gasteiger charge is 2.38. The summed E-state index contributed by atoms with van der Waals surface area (Å²) in [4.78, 5) is 0. The number of nitrogens with one attached hydrogen (secondary N) is 1. The maximum Gasteiger partial charge on any atom is 0.0744 e. The molecule has 1 aliphatic heterocycles. The van der Waals surface area contributed by atoms with Gasteiger partial charge in [-0.3, -0.25) is 0 Å². The Morgan fingerprint density at radius 2 is 1.88 bits per heavy atom. The minimum absolute atomic E-state index is 0.188. The minimum atomic E-state index is -0.641. The van der Waals surface area contributed by atoms with E-state index in [2.05, 4.69) is 36.5 Å². The van der Waals surface area contributed by atoms with Gasteiger partial charge >= 0.3 is 0 Å². The van der Waals surface area contributed by atoms with Gasteiger partial charge in [0.05, 0.1) is 5.60 Å². The Balaban J connectivity index is 2.15. The molecule has 1 fully saturated rings. The van der Waals surface area contributed by atoms with E-state index in [0.717, 1.165) is 6.42 Å². The lowest BCUT2D eigenvalue weighted by Gasteiger charge is -2.26. The Morgan fingerprint density at radius 1 is 1.25 bits per heavy atom. The van der Waals surface area contributed by atoms with Crippen LogP contribution in [0.3, 0.4) is 0 Å². The van der Waals surface area contributed by atoms with Gasteiger partial charge in [0.25, 0.3) is 0 Å². The van der Waals surface area contributed by atoms with Gasteiger partial charge in [0.1, 0.15) is 0 Å². The van der Waals surface area contributed by atoms with Gasteiger partial charge in [-0.1, -0.05) is 37.3 Å². The Bertz CT molecular complexity index is 342. The second-order valence-electron chi connectivity index (χ2n) is 5.47. The summed E-state index contributed by atoms with van der Waals surface area (Å²) in [7, 11) is 0. The molecule has 0 radical (unpaired) electrons. The molecule has 1 heterocycles. The van der Waals surface area contributed by atoms with Crippen LogP contribution in [0.4, 0.5) is 0 Å². The van der Waals surface area contributed by atoms with Crippen molar-refractivity contribution in [2.75, 3.05) is 0 Å². The first-order chi connectivity index (χ1) is 7.48. The fourth-order valence-corrected chi connectivity index (χ4v) is 2.53. The first-order valence-electron chi connectivity index (χ1n) is 6.02. The van der Waals surface area contributed by atoms with Crippen LogP contribution < -0.4 is 5.32 Å². The van der Waals surface area contributed by atoms with E-state index < -0.39 is 5.60 Å². The molecule has 16 heavy (non-hydrogen) atoms. The molecule has 0 saturated carbocycles. The number of benzene rings is 1. The van der Waals surface area contributed by atoms with E-state index >= 15 is 0 Å². The second-order valence-corrected chi connectivity index (χ2v) is 5.47. The molecular formula is C14H21NO. The molecule has 0 bridgehead atoms. The molecule has 1 saturated heterocycles. The molecule has 1 aliphatic rings. The van der Waals surface area contributed by atoms with Crippen LogP contribution in [0.2, 0.25) is 0 Å². The van der Waals surface area contributed by atoms with Crippen molar-refractivity contribution in [1.82, 2.24) is 5.32 Å². The summed E-state index contributed by atoms with van der Waals surface area (Å²) in [5.41, 5.74) is 0.680. The Hall–Kier alpha value is -0.860. The van der Waals surface area contributed by atoms with E-state index in [9.17, 15) is 5.11 Å². The fraction of sp³-hybridized carbons (Fsp3) is 0.571. The van der Waals surface area contributed by atoms with E-state index in [-0.39, 0.29) is 6.04 Å². The molecular weight excluding hydrogens is 198 g/mol. The molecule has 0 spiro atoms. The Morgan fingerprint density at radius 3 is 2.38 bits per heavy atom. The van der Waals surface area contributed by atoms with Crippen molar-refractivity contribution in [2.24, 2.45) is 5.92 Å². The lowest BCUT2D eigenvalue weighted by atomic mass is 9.92. The van der Waals surface area contributed by atoms with Gasteiger partial charge in [-0.25, -0.2) is 0 Å². The van der Waals surface area contributed by atoms with Crippen LogP contribution in [-0.2, 0) is 0 Å². The standard InChI is InChI=1S/C14H21NO/c1-10-9-12(14(2,3)16)15-13(10)11-7-5-4-6-8-11/h4-8,10,12-13,15-16H,9H2,1-3H3/t10-,12-,13+/m1/s1. The first kappa shape index (κ1) is 11.6. The molecule has 0 unspecified atom stereocenters. The predicted molar refractivity (Wildman–Crippen MR) is 66.2 cm³/mol. The van der Waals surface area contributed by atoms with Gasteiger partial charge in [-0.05, 0) is 31.7 Å². The summed E-state index contributed by atoms with van der Waals surface area (Å²) in [6.45, 7) is 6.01. The molecule has 0 aromatic heterocycles. The smallest absolute Gasteiger partial charge is 0.0744 e. The molecule has 2 N–H and O–H groups in total. The quantitative estimate of drug-likeness (QED) is 0.801. The van der Waals surface area contributed by atoms with Gasteiger partial charge in [0.2, 0.25) is 0 Å². The lowest BCUT2D eigenvalue weighted by Crippen LogP contribution is -2.43. The average molecular weight is 219 g/mol. The summed E-state index contributed by atoms with van der Waals surface area (Å²) in [5, 5.41) is 13.6. The molecule has 2 heteroatoms. The molecule has 2 nitrogen and oxygen atoms in total. The topological polar surface area (TPSA) is 32.3 Å². The molecule has 1 aromatic carbocycles. The van der Waals surface area contributed by atoms with E-state index in [1.165, 1.54) is 5.56 Å². The summed E-state index contributed by atoms with van der Waals surface area (Å²) in [5.74, 6) is 0.568. The van der Waals surface area contributed by atoms with Gasteiger partial charge in [0.15, 0.2) is 0 Å². The minimum Gasteiger partial charge on any atom is -0.389 e. The molecule has 3 atom stereocenters. The van der Waals surface area contributed by atoms with E-state index in [0.29, 0.717) is 12.0 Å². The predicted octanol–water partition coefficient (Wildman–Crippen LogP) is 2.50. The molecule has 1 aromatic rings. The Kier molecular flexibility index (Phi) is 3.04. The van der Waals surface area contributed by atoms with Gasteiger partial charge in [-0.15, -0.1) is 0 Å². The SMILES string of the molecule is C[C@@H]1C[C@H](C(C)(C)O)N[C@@H]1c1ccccc1. The first-order valence-corrected chi connectivity index (χ1v) is 6.02. The molecule has 0 amide bonds. The van der Waals surface area contributed by atoms with Crippen molar-refractivity contribution in [3.63, 3.8) is 0 Å². The lowest BCUT2D eigenvalue weighted by molar-refractivity contribution is 0.0426. The highest BCUT2D eigenvalue weighted by atomic mass is 16.3. The monoisotopic (exact) mass is 219 g/mol. The van der Waals surface area contributed by atoms with E-state index in [4.69, 9.17) is 0 Å². The van der Waals surface area contributed by atoms with Crippen molar-refractivity contribution in [3.05, 3.63) is 35.9 Å². The van der Waals surface area contributed by atoms with Gasteiger partial charge in [-0.2, -0.15) is 0 Å². The fourth-order valence-electron chi connectivity index (χ4n) is 2.53. The molecule has 88 valence electrons. The summed E-state index contributed by atoms with van der Waals surface area (Å²) < 4.78 is 0. The maximum atomic E-state index is 10.0. The largest absolute Gasteiger partial charge is 0.389 e. The van der Waals surface area contributed by atoms with Crippen molar-refractivity contribution >= 4 is 0 Å². The van der Waals surface area contributed by atoms with Crippen LogP contribution in [0.1, 0.15) is 38.8 Å². The van der Waals surface area contributed by atoms with Gasteiger partial charge in [0, 0.05) is 12.1 Å². The average Bonchev–Trinajstić information content (AvgIpc) is 2.61. The summed E-state index contributed by atoms with van der Waals surface area (Å²) in [6.07, 6.45) is 1.03. The normalized spacial score (nSPS) is 30.6. The third-order valence-electron chi connectivity index (χ3n) is 3.57. The highest BCUT2D eigenvalue weighted by molar-refractivity contribution is 5.21. The van der Waals surface area contributed by atoms with Crippen molar-refractivity contribution in [3.8, 4) is 0 Å². The van der Waals surface area contributed by atoms with Crippen LogP contribution >= 0.6 is 0 Å². The third kappa shape index (κ3) is 2.28. The second kappa shape index (κ2) is 4.19. The van der Waals surface area contributed by atoms with Crippen LogP contribution in [0.5, 0.6) is 0 Å². The Labute approximate surface area is 97.7 Å². The van der Waals surface area contributed by atoms with E-state index in [1.807, 2.05) is 19.9 Å². The van der Waals surface area contributed by atoms with Crippen molar-refractivity contribution < 1.29 is 5.11 Å². The molecule has 0 aliphatic carbocycles. The maximum absolute atomic E-state index is 10.0. The van der Waals surface area contributed by atoms with Crippen LogP contribution in [0.15, 0.2) is 30.3 Å². The number of hydrogen-bond donors (Lipinski definition) is 2. The van der Waals surface area contributed by atoms with Crippen molar-refractivity contribution in [1.29, 1.82) is 0 Å². The van der Waals surface area contributed by atoms with Crippen LogP contribution in [0, 0.1) is 5.92 Å².